The van der Waals surface area contributed by atoms with Gasteiger partial charge in [-0.25, -0.2) is 0 Å². The van der Waals surface area contributed by atoms with Crippen molar-refractivity contribution >= 4 is 11.6 Å². The maximum Gasteiger partial charge on any atom is 0.191 e. The standard InChI is InChI=1S/C23H35N5O/c1-5-18(6-2)22-15-21(29-27-22)16-25-23(24-4)26-17(3)19-10-9-11-20(14-19)28-12-7-8-13-28/h9-11,14-15,17-18H,5-8,12-13,16H2,1-4H3,(H2,24,25,26). The molecule has 158 valence electrons. The van der Waals surface area contributed by atoms with Crippen molar-refractivity contribution in [3.05, 3.63) is 47.3 Å². The van der Waals surface area contributed by atoms with Crippen molar-refractivity contribution in [2.75, 3.05) is 25.0 Å². The van der Waals surface area contributed by atoms with Crippen LogP contribution in [-0.4, -0.2) is 31.3 Å². The Bertz CT molecular complexity index is 790. The van der Waals surface area contributed by atoms with Crippen LogP contribution in [0.5, 0.6) is 0 Å². The van der Waals surface area contributed by atoms with Crippen LogP contribution in [0.3, 0.4) is 0 Å². The molecule has 2 aromatic rings. The molecule has 1 atom stereocenters. The van der Waals surface area contributed by atoms with E-state index in [0.29, 0.717) is 12.5 Å². The lowest BCUT2D eigenvalue weighted by molar-refractivity contribution is 0.368. The van der Waals surface area contributed by atoms with Gasteiger partial charge in [-0.05, 0) is 50.3 Å². The van der Waals surface area contributed by atoms with Gasteiger partial charge >= 0.3 is 0 Å². The van der Waals surface area contributed by atoms with Crippen LogP contribution in [0, 0.1) is 0 Å². The number of rotatable bonds is 8. The van der Waals surface area contributed by atoms with Gasteiger partial charge < -0.3 is 20.1 Å². The molecule has 1 saturated heterocycles. The Morgan fingerprint density at radius 2 is 1.97 bits per heavy atom. The number of benzene rings is 1. The molecule has 1 unspecified atom stereocenters. The highest BCUT2D eigenvalue weighted by atomic mass is 16.5. The van der Waals surface area contributed by atoms with Gasteiger partial charge in [-0.3, -0.25) is 4.99 Å². The predicted molar refractivity (Wildman–Crippen MR) is 119 cm³/mol. The lowest BCUT2D eigenvalue weighted by Crippen LogP contribution is -2.38. The SMILES string of the molecule is CCC(CC)c1cc(CNC(=NC)NC(C)c2cccc(N3CCCC3)c2)on1. The van der Waals surface area contributed by atoms with Crippen LogP contribution in [0.15, 0.2) is 39.8 Å². The highest BCUT2D eigenvalue weighted by molar-refractivity contribution is 5.80. The summed E-state index contributed by atoms with van der Waals surface area (Å²) in [6.07, 6.45) is 4.73. The van der Waals surface area contributed by atoms with Crippen LogP contribution in [0.4, 0.5) is 5.69 Å². The molecule has 29 heavy (non-hydrogen) atoms. The second-order valence-electron chi connectivity index (χ2n) is 7.81. The van der Waals surface area contributed by atoms with Crippen molar-refractivity contribution in [1.82, 2.24) is 15.8 Å². The summed E-state index contributed by atoms with van der Waals surface area (Å²) in [5.74, 6) is 2.05. The Kier molecular flexibility index (Phi) is 7.55. The van der Waals surface area contributed by atoms with Gasteiger partial charge in [-0.15, -0.1) is 0 Å². The molecule has 1 fully saturated rings. The van der Waals surface area contributed by atoms with Crippen molar-refractivity contribution in [2.45, 2.75) is 65.0 Å². The summed E-state index contributed by atoms with van der Waals surface area (Å²) in [4.78, 5) is 6.83. The first-order chi connectivity index (χ1) is 14.1. The molecule has 1 aromatic heterocycles. The van der Waals surface area contributed by atoms with Crippen molar-refractivity contribution in [3.8, 4) is 0 Å². The molecule has 0 aliphatic carbocycles. The van der Waals surface area contributed by atoms with E-state index in [-0.39, 0.29) is 6.04 Å². The van der Waals surface area contributed by atoms with Gasteiger partial charge in [0.25, 0.3) is 0 Å². The molecule has 2 heterocycles. The van der Waals surface area contributed by atoms with Crippen LogP contribution in [0.1, 0.15) is 75.4 Å². The van der Waals surface area contributed by atoms with Crippen molar-refractivity contribution in [2.24, 2.45) is 4.99 Å². The van der Waals surface area contributed by atoms with Crippen molar-refractivity contribution < 1.29 is 4.52 Å². The van der Waals surface area contributed by atoms with E-state index in [4.69, 9.17) is 4.52 Å². The summed E-state index contributed by atoms with van der Waals surface area (Å²) in [5.41, 5.74) is 3.61. The van der Waals surface area contributed by atoms with Crippen LogP contribution in [0.25, 0.3) is 0 Å². The summed E-state index contributed by atoms with van der Waals surface area (Å²) in [7, 11) is 1.79. The van der Waals surface area contributed by atoms with Gasteiger partial charge in [-0.1, -0.05) is 31.1 Å². The monoisotopic (exact) mass is 397 g/mol. The first-order valence-corrected chi connectivity index (χ1v) is 10.9. The molecular weight excluding hydrogens is 362 g/mol. The zero-order chi connectivity index (χ0) is 20.6. The van der Waals surface area contributed by atoms with Gasteiger partial charge in [0.05, 0.1) is 18.3 Å². The third-order valence-corrected chi connectivity index (χ3v) is 5.83. The van der Waals surface area contributed by atoms with Gasteiger partial charge in [0.2, 0.25) is 0 Å². The molecule has 0 radical (unpaired) electrons. The predicted octanol–water partition coefficient (Wildman–Crippen LogP) is 4.60. The number of nitrogens with one attached hydrogen (secondary N) is 2. The Labute approximate surface area is 174 Å². The van der Waals surface area contributed by atoms with Crippen LogP contribution in [0.2, 0.25) is 0 Å². The highest BCUT2D eigenvalue weighted by Crippen LogP contribution is 2.24. The quantitative estimate of drug-likeness (QED) is 0.503. The molecule has 1 aliphatic heterocycles. The Morgan fingerprint density at radius 3 is 2.66 bits per heavy atom. The van der Waals surface area contributed by atoms with E-state index in [1.54, 1.807) is 7.05 Å². The zero-order valence-corrected chi connectivity index (χ0v) is 18.2. The first-order valence-electron chi connectivity index (χ1n) is 10.9. The van der Waals surface area contributed by atoms with Gasteiger partial charge in [0.1, 0.15) is 0 Å². The molecule has 0 saturated carbocycles. The third kappa shape index (κ3) is 5.52. The van der Waals surface area contributed by atoms with Crippen molar-refractivity contribution in [1.29, 1.82) is 0 Å². The fraction of sp³-hybridized carbons (Fsp3) is 0.565. The van der Waals surface area contributed by atoms with E-state index in [2.05, 4.69) is 76.8 Å². The summed E-state index contributed by atoms with van der Waals surface area (Å²) in [6, 6.07) is 11.0. The van der Waals surface area contributed by atoms with Gasteiger partial charge in [0, 0.05) is 37.8 Å². The maximum absolute atomic E-state index is 5.51. The molecule has 0 amide bonds. The zero-order valence-electron chi connectivity index (χ0n) is 18.2. The summed E-state index contributed by atoms with van der Waals surface area (Å²) >= 11 is 0. The topological polar surface area (TPSA) is 65.7 Å². The summed E-state index contributed by atoms with van der Waals surface area (Å²) < 4.78 is 5.51. The minimum atomic E-state index is 0.151. The minimum absolute atomic E-state index is 0.151. The average molecular weight is 398 g/mol. The van der Waals surface area contributed by atoms with Crippen LogP contribution >= 0.6 is 0 Å². The smallest absolute Gasteiger partial charge is 0.191 e. The first kappa shape index (κ1) is 21.2. The second kappa shape index (κ2) is 10.3. The summed E-state index contributed by atoms with van der Waals surface area (Å²) in [6.45, 7) is 9.41. The second-order valence-corrected chi connectivity index (χ2v) is 7.81. The van der Waals surface area contributed by atoms with E-state index >= 15 is 0 Å². The molecule has 6 heteroatoms. The largest absolute Gasteiger partial charge is 0.372 e. The number of hydrogen-bond acceptors (Lipinski definition) is 4. The molecule has 0 bridgehead atoms. The molecule has 1 aliphatic rings. The molecule has 0 spiro atoms. The fourth-order valence-electron chi connectivity index (χ4n) is 3.93. The lowest BCUT2D eigenvalue weighted by atomic mass is 9.99. The molecule has 3 rings (SSSR count). The number of hydrogen-bond donors (Lipinski definition) is 2. The van der Waals surface area contributed by atoms with E-state index in [9.17, 15) is 0 Å². The number of aromatic nitrogens is 1. The highest BCUT2D eigenvalue weighted by Gasteiger charge is 2.16. The maximum atomic E-state index is 5.51. The number of guanidine groups is 1. The lowest BCUT2D eigenvalue weighted by Gasteiger charge is -2.22. The number of nitrogens with zero attached hydrogens (tertiary/aromatic N) is 3. The van der Waals surface area contributed by atoms with E-state index < -0.39 is 0 Å². The average Bonchev–Trinajstić information content (AvgIpc) is 3.44. The van der Waals surface area contributed by atoms with Crippen LogP contribution in [-0.2, 0) is 6.54 Å². The van der Waals surface area contributed by atoms with E-state index in [0.717, 1.165) is 43.3 Å². The Balaban J connectivity index is 1.56. The Hall–Kier alpha value is -2.50. The molecule has 1 aromatic carbocycles. The number of anilines is 1. The van der Waals surface area contributed by atoms with E-state index in [1.807, 2.05) is 0 Å². The van der Waals surface area contributed by atoms with Crippen LogP contribution < -0.4 is 15.5 Å². The number of aliphatic imine (C=N–C) groups is 1. The molecule has 6 nitrogen and oxygen atoms in total. The van der Waals surface area contributed by atoms with Gasteiger partial charge in [0.15, 0.2) is 11.7 Å². The fourth-order valence-corrected chi connectivity index (χ4v) is 3.93. The Morgan fingerprint density at radius 1 is 1.21 bits per heavy atom. The van der Waals surface area contributed by atoms with E-state index in [1.165, 1.54) is 24.1 Å². The van der Waals surface area contributed by atoms with Gasteiger partial charge in [-0.2, -0.15) is 0 Å². The minimum Gasteiger partial charge on any atom is -0.372 e. The molecule has 2 N–H and O–H groups in total. The third-order valence-electron chi connectivity index (χ3n) is 5.83. The normalized spacial score (nSPS) is 15.8. The summed E-state index contributed by atoms with van der Waals surface area (Å²) in [5, 5.41) is 11.1. The van der Waals surface area contributed by atoms with Crippen molar-refractivity contribution in [3.63, 3.8) is 0 Å². The molecular formula is C23H35N5O.